The molecule has 0 saturated heterocycles. The van der Waals surface area contributed by atoms with E-state index in [0.717, 1.165) is 11.3 Å². The normalized spacial score (nSPS) is 28.0. The van der Waals surface area contributed by atoms with Crippen molar-refractivity contribution in [1.29, 1.82) is 5.26 Å². The number of carbonyl (C=O) groups excluding carboxylic acids is 1. The molecule has 3 rings (SSSR count). The standard InChI is InChI=1S/C20H24N2O3/c1-4-24-13-7-5-12(6-8-13)17-14(11-21)19(22)25-16-10-20(2,3)9-15(23)18(16)17/h5-8,14,17,19H,4,9-10,22H2,1-3H3. The summed E-state index contributed by atoms with van der Waals surface area (Å²) in [6.07, 6.45) is 0.380. The Bertz CT molecular complexity index is 743. The van der Waals surface area contributed by atoms with Crippen molar-refractivity contribution in [2.75, 3.05) is 6.61 Å². The molecule has 3 atom stereocenters. The van der Waals surface area contributed by atoms with Gasteiger partial charge in [-0.15, -0.1) is 0 Å². The van der Waals surface area contributed by atoms with Crippen LogP contribution in [0.5, 0.6) is 5.75 Å². The van der Waals surface area contributed by atoms with E-state index in [1.165, 1.54) is 0 Å². The molecule has 2 N–H and O–H groups in total. The summed E-state index contributed by atoms with van der Waals surface area (Å²) in [5.74, 6) is 0.516. The molecular formula is C20H24N2O3. The fourth-order valence-electron chi connectivity index (χ4n) is 3.80. The minimum Gasteiger partial charge on any atom is -0.494 e. The Hall–Kier alpha value is -2.32. The smallest absolute Gasteiger partial charge is 0.164 e. The van der Waals surface area contributed by atoms with Crippen LogP contribution < -0.4 is 10.5 Å². The number of ether oxygens (including phenoxy) is 2. The van der Waals surface area contributed by atoms with Crippen LogP contribution in [0.25, 0.3) is 0 Å². The molecule has 1 aromatic rings. The van der Waals surface area contributed by atoms with Crippen LogP contribution in [0.4, 0.5) is 0 Å². The van der Waals surface area contributed by atoms with Crippen LogP contribution in [-0.4, -0.2) is 18.6 Å². The van der Waals surface area contributed by atoms with Gasteiger partial charge in [-0.1, -0.05) is 26.0 Å². The lowest BCUT2D eigenvalue weighted by atomic mass is 9.68. The summed E-state index contributed by atoms with van der Waals surface area (Å²) in [5.41, 5.74) is 7.49. The van der Waals surface area contributed by atoms with Crippen molar-refractivity contribution in [1.82, 2.24) is 0 Å². The number of hydrogen-bond acceptors (Lipinski definition) is 5. The first-order chi connectivity index (χ1) is 11.9. The fourth-order valence-corrected chi connectivity index (χ4v) is 3.80. The predicted molar refractivity (Wildman–Crippen MR) is 93.6 cm³/mol. The van der Waals surface area contributed by atoms with E-state index in [1.807, 2.05) is 45.0 Å². The second kappa shape index (κ2) is 6.53. The summed E-state index contributed by atoms with van der Waals surface area (Å²) >= 11 is 0. The third-order valence-corrected chi connectivity index (χ3v) is 4.88. The SMILES string of the molecule is CCOc1ccc(C2C3=C(CC(C)(C)CC3=O)OC(N)C2C#N)cc1. The van der Waals surface area contributed by atoms with Gasteiger partial charge < -0.3 is 9.47 Å². The van der Waals surface area contributed by atoms with Gasteiger partial charge in [0.1, 0.15) is 17.4 Å². The van der Waals surface area contributed by atoms with Gasteiger partial charge in [0.05, 0.1) is 12.7 Å². The van der Waals surface area contributed by atoms with Gasteiger partial charge in [0.15, 0.2) is 12.0 Å². The van der Waals surface area contributed by atoms with Crippen LogP contribution in [0.2, 0.25) is 0 Å². The molecule has 0 spiro atoms. The van der Waals surface area contributed by atoms with E-state index >= 15 is 0 Å². The Kier molecular flexibility index (Phi) is 4.57. The zero-order chi connectivity index (χ0) is 18.2. The molecule has 1 aliphatic heterocycles. The molecule has 25 heavy (non-hydrogen) atoms. The topological polar surface area (TPSA) is 85.3 Å². The van der Waals surface area contributed by atoms with Gasteiger partial charge in [0.25, 0.3) is 0 Å². The van der Waals surface area contributed by atoms with E-state index in [1.54, 1.807) is 0 Å². The van der Waals surface area contributed by atoms with Crippen molar-refractivity contribution in [2.24, 2.45) is 17.1 Å². The molecule has 0 amide bonds. The molecule has 0 fully saturated rings. The van der Waals surface area contributed by atoms with Crippen LogP contribution in [0.3, 0.4) is 0 Å². The minimum atomic E-state index is -0.734. The van der Waals surface area contributed by atoms with Gasteiger partial charge in [-0.2, -0.15) is 5.26 Å². The van der Waals surface area contributed by atoms with E-state index in [9.17, 15) is 10.1 Å². The van der Waals surface area contributed by atoms with Crippen molar-refractivity contribution in [3.05, 3.63) is 41.2 Å². The molecule has 5 heteroatoms. The van der Waals surface area contributed by atoms with Gasteiger partial charge in [-0.3, -0.25) is 10.5 Å². The number of hydrogen-bond donors (Lipinski definition) is 1. The van der Waals surface area contributed by atoms with E-state index < -0.39 is 12.1 Å². The first kappa shape index (κ1) is 17.5. The summed E-state index contributed by atoms with van der Waals surface area (Å²) in [6.45, 7) is 6.61. The zero-order valence-corrected chi connectivity index (χ0v) is 14.9. The van der Waals surface area contributed by atoms with Crippen molar-refractivity contribution in [3.63, 3.8) is 0 Å². The molecule has 2 aliphatic rings. The molecule has 0 bridgehead atoms. The predicted octanol–water partition coefficient (Wildman–Crippen LogP) is 3.27. The number of ketones is 1. The van der Waals surface area contributed by atoms with Crippen molar-refractivity contribution in [3.8, 4) is 11.8 Å². The second-order valence-electron chi connectivity index (χ2n) is 7.49. The Balaban J connectivity index is 2.06. The maximum absolute atomic E-state index is 12.9. The summed E-state index contributed by atoms with van der Waals surface area (Å²) < 4.78 is 11.3. The number of nitriles is 1. The molecule has 0 saturated carbocycles. The highest BCUT2D eigenvalue weighted by atomic mass is 16.5. The summed E-state index contributed by atoms with van der Waals surface area (Å²) in [5, 5.41) is 9.64. The third-order valence-electron chi connectivity index (χ3n) is 4.88. The van der Waals surface area contributed by atoms with E-state index in [4.69, 9.17) is 15.2 Å². The molecule has 1 aliphatic carbocycles. The average Bonchev–Trinajstić information content (AvgIpc) is 2.53. The average molecular weight is 340 g/mol. The van der Waals surface area contributed by atoms with Crippen LogP contribution in [0.15, 0.2) is 35.6 Å². The maximum Gasteiger partial charge on any atom is 0.164 e. The third kappa shape index (κ3) is 3.27. The molecule has 1 heterocycles. The van der Waals surface area contributed by atoms with Crippen molar-refractivity contribution < 1.29 is 14.3 Å². The first-order valence-electron chi connectivity index (χ1n) is 8.67. The van der Waals surface area contributed by atoms with Crippen LogP contribution in [0.1, 0.15) is 45.1 Å². The first-order valence-corrected chi connectivity index (χ1v) is 8.67. The Morgan fingerprint density at radius 1 is 1.32 bits per heavy atom. The van der Waals surface area contributed by atoms with Gasteiger partial charge in [0.2, 0.25) is 0 Å². The minimum absolute atomic E-state index is 0.0530. The fraction of sp³-hybridized carbons (Fsp3) is 0.500. The molecular weight excluding hydrogens is 316 g/mol. The maximum atomic E-state index is 12.9. The Morgan fingerprint density at radius 2 is 2.00 bits per heavy atom. The molecule has 3 unspecified atom stereocenters. The van der Waals surface area contributed by atoms with Crippen LogP contribution in [0, 0.1) is 22.7 Å². The van der Waals surface area contributed by atoms with Gasteiger partial charge in [-0.25, -0.2) is 0 Å². The molecule has 0 radical (unpaired) electrons. The van der Waals surface area contributed by atoms with Crippen molar-refractivity contribution >= 4 is 5.78 Å². The highest BCUT2D eigenvalue weighted by Crippen LogP contribution is 2.48. The molecule has 0 aromatic heterocycles. The summed E-state index contributed by atoms with van der Waals surface area (Å²) in [7, 11) is 0. The van der Waals surface area contributed by atoms with Gasteiger partial charge in [-0.05, 0) is 30.0 Å². The van der Waals surface area contributed by atoms with E-state index in [-0.39, 0.29) is 17.1 Å². The lowest BCUT2D eigenvalue weighted by molar-refractivity contribution is -0.120. The van der Waals surface area contributed by atoms with Crippen LogP contribution in [-0.2, 0) is 9.53 Å². The number of nitrogens with two attached hydrogens (primary N) is 1. The Morgan fingerprint density at radius 3 is 2.60 bits per heavy atom. The molecule has 1 aromatic carbocycles. The number of benzene rings is 1. The van der Waals surface area contributed by atoms with E-state index in [2.05, 4.69) is 6.07 Å². The number of carbonyl (C=O) groups is 1. The van der Waals surface area contributed by atoms with Gasteiger partial charge in [0, 0.05) is 24.3 Å². The summed E-state index contributed by atoms with van der Waals surface area (Å²) in [6, 6.07) is 9.81. The highest BCUT2D eigenvalue weighted by molar-refractivity contribution is 5.99. The van der Waals surface area contributed by atoms with Gasteiger partial charge >= 0.3 is 0 Å². The number of rotatable bonds is 3. The highest BCUT2D eigenvalue weighted by Gasteiger charge is 2.46. The lowest BCUT2D eigenvalue weighted by Crippen LogP contribution is -2.44. The van der Waals surface area contributed by atoms with Crippen molar-refractivity contribution in [2.45, 2.75) is 45.8 Å². The number of Topliss-reactive ketones (excluding diaryl/α,β-unsaturated/α-hetero) is 1. The number of nitrogens with zero attached hydrogens (tertiary/aromatic N) is 1. The van der Waals surface area contributed by atoms with E-state index in [0.29, 0.717) is 30.8 Å². The molecule has 5 nitrogen and oxygen atoms in total. The Labute approximate surface area is 148 Å². The quantitative estimate of drug-likeness (QED) is 0.913. The largest absolute Gasteiger partial charge is 0.494 e. The zero-order valence-electron chi connectivity index (χ0n) is 14.9. The number of allylic oxidation sites excluding steroid dienone is 2. The monoisotopic (exact) mass is 340 g/mol. The van der Waals surface area contributed by atoms with Crippen LogP contribution >= 0.6 is 0 Å². The molecule has 132 valence electrons. The second-order valence-corrected chi connectivity index (χ2v) is 7.49. The lowest BCUT2D eigenvalue weighted by Gasteiger charge is -2.41. The summed E-state index contributed by atoms with van der Waals surface area (Å²) in [4.78, 5) is 12.9.